The van der Waals surface area contributed by atoms with Gasteiger partial charge in [-0.2, -0.15) is 0 Å². The quantitative estimate of drug-likeness (QED) is 0.140. The lowest BCUT2D eigenvalue weighted by molar-refractivity contribution is 0.355. The molecule has 0 saturated carbocycles. The van der Waals surface area contributed by atoms with E-state index in [9.17, 15) is 9.59 Å². The number of hydrogen-bond donors (Lipinski definition) is 0. The number of ether oxygens (including phenoxy) is 8. The van der Waals surface area contributed by atoms with E-state index in [1.54, 1.807) is 48.5 Å². The largest absolute Gasteiger partial charge is 0.496 e. The zero-order valence-electron chi connectivity index (χ0n) is 28.7. The van der Waals surface area contributed by atoms with Crippen LogP contribution >= 0.6 is 0 Å². The Morgan fingerprint density at radius 1 is 0.380 bits per heavy atom. The van der Waals surface area contributed by atoms with E-state index in [0.29, 0.717) is 34.1 Å². The first kappa shape index (κ1) is 33.6. The highest BCUT2D eigenvalue weighted by Crippen LogP contribution is 2.50. The van der Waals surface area contributed by atoms with Crippen molar-refractivity contribution < 1.29 is 46.7 Å². The fourth-order valence-electron chi connectivity index (χ4n) is 5.94. The number of benzene rings is 4. The molecule has 0 aliphatic heterocycles. The van der Waals surface area contributed by atoms with E-state index in [-0.39, 0.29) is 67.6 Å². The van der Waals surface area contributed by atoms with Gasteiger partial charge in [-0.25, -0.2) is 0 Å². The van der Waals surface area contributed by atoms with Crippen LogP contribution in [0.2, 0.25) is 0 Å². The van der Waals surface area contributed by atoms with Gasteiger partial charge < -0.3 is 46.7 Å². The maximum Gasteiger partial charge on any atom is 0.197 e. The molecular formula is C38H34O12. The van der Waals surface area contributed by atoms with Crippen molar-refractivity contribution in [2.45, 2.75) is 0 Å². The second-order valence-electron chi connectivity index (χ2n) is 10.8. The molecular weight excluding hydrogens is 648 g/mol. The topological polar surface area (TPSA) is 134 Å². The molecule has 0 unspecified atom stereocenters. The fraction of sp³-hybridized carbons (Fsp3) is 0.211. The summed E-state index contributed by atoms with van der Waals surface area (Å²) in [7, 11) is 11.9. The summed E-state index contributed by atoms with van der Waals surface area (Å²) in [5.41, 5.74) is 0.957. The lowest BCUT2D eigenvalue weighted by Crippen LogP contribution is -2.07. The van der Waals surface area contributed by atoms with Crippen LogP contribution in [0.1, 0.15) is 0 Å². The molecule has 2 heterocycles. The van der Waals surface area contributed by atoms with Gasteiger partial charge in [0.25, 0.3) is 0 Å². The number of hydrogen-bond acceptors (Lipinski definition) is 12. The fourth-order valence-corrected chi connectivity index (χ4v) is 5.94. The van der Waals surface area contributed by atoms with Gasteiger partial charge in [0.1, 0.15) is 45.3 Å². The predicted molar refractivity (Wildman–Crippen MR) is 187 cm³/mol. The molecule has 0 saturated heterocycles. The number of methoxy groups -OCH3 is 8. The highest BCUT2D eigenvalue weighted by Gasteiger charge is 2.29. The summed E-state index contributed by atoms with van der Waals surface area (Å²) in [5.74, 6) is 3.18. The summed E-state index contributed by atoms with van der Waals surface area (Å²) >= 11 is 0. The first-order valence-corrected chi connectivity index (χ1v) is 15.2. The second kappa shape index (κ2) is 13.7. The first-order valence-electron chi connectivity index (χ1n) is 15.2. The Morgan fingerprint density at radius 2 is 0.720 bits per heavy atom. The van der Waals surface area contributed by atoms with Crippen molar-refractivity contribution in [3.05, 3.63) is 81.1 Å². The van der Waals surface area contributed by atoms with Crippen LogP contribution in [0.15, 0.2) is 79.1 Å². The second-order valence-corrected chi connectivity index (χ2v) is 10.8. The normalized spacial score (nSPS) is 11.0. The maximum atomic E-state index is 14.0. The van der Waals surface area contributed by atoms with Crippen LogP contribution in [-0.2, 0) is 0 Å². The SMILES string of the molecule is COc1ccc(-c2cc(=O)c3c(OC)cc(OC)c(-c4c(OC)cc(OC)c5c(=O)cc(-c6ccc(OC)c(OC)c6)oc45)c3o2)cc1OC. The van der Waals surface area contributed by atoms with Crippen molar-refractivity contribution in [3.8, 4) is 79.8 Å². The van der Waals surface area contributed by atoms with Crippen molar-refractivity contribution in [3.63, 3.8) is 0 Å². The molecule has 0 aliphatic rings. The molecule has 0 aliphatic carbocycles. The van der Waals surface area contributed by atoms with Crippen LogP contribution in [0, 0.1) is 0 Å². The van der Waals surface area contributed by atoms with Gasteiger partial charge in [-0.15, -0.1) is 0 Å². The standard InChI is InChI=1S/C38H34O12/c1-41-23-11-9-19(13-27(23)43-3)25-15-21(39)33-29(45-5)17-31(47-7)35(37(33)49-25)36-32(48-8)18-30(46-6)34-22(40)16-26(50-38(34)36)20-10-12-24(42-2)28(14-20)44-4/h9-18H,1-8H3. The molecule has 258 valence electrons. The lowest BCUT2D eigenvalue weighted by Gasteiger charge is -2.19. The minimum absolute atomic E-state index is 0.0856. The number of rotatable bonds is 11. The summed E-state index contributed by atoms with van der Waals surface area (Å²) in [6, 6.07) is 16.1. The monoisotopic (exact) mass is 682 g/mol. The first-order chi connectivity index (χ1) is 24.2. The molecule has 50 heavy (non-hydrogen) atoms. The molecule has 0 bridgehead atoms. The minimum atomic E-state index is -0.402. The van der Waals surface area contributed by atoms with E-state index in [0.717, 1.165) is 0 Å². The smallest absolute Gasteiger partial charge is 0.197 e. The highest BCUT2D eigenvalue weighted by molar-refractivity contribution is 6.09. The summed E-state index contributed by atoms with van der Waals surface area (Å²) in [4.78, 5) is 27.9. The summed E-state index contributed by atoms with van der Waals surface area (Å²) in [5, 5.41) is 0.244. The molecule has 0 spiro atoms. The van der Waals surface area contributed by atoms with E-state index in [1.165, 1.54) is 69.0 Å². The summed E-state index contributed by atoms with van der Waals surface area (Å²) < 4.78 is 58.0. The van der Waals surface area contributed by atoms with Crippen LogP contribution in [0.5, 0.6) is 46.0 Å². The van der Waals surface area contributed by atoms with E-state index in [4.69, 9.17) is 46.7 Å². The van der Waals surface area contributed by atoms with Crippen molar-refractivity contribution in [1.82, 2.24) is 0 Å². The van der Waals surface area contributed by atoms with Gasteiger partial charge in [0, 0.05) is 35.4 Å². The van der Waals surface area contributed by atoms with Gasteiger partial charge in [0.15, 0.2) is 45.0 Å². The average molecular weight is 683 g/mol. The van der Waals surface area contributed by atoms with E-state index >= 15 is 0 Å². The van der Waals surface area contributed by atoms with Crippen molar-refractivity contribution in [2.24, 2.45) is 0 Å². The van der Waals surface area contributed by atoms with Gasteiger partial charge in [0.2, 0.25) is 0 Å². The zero-order chi connectivity index (χ0) is 35.7. The predicted octanol–water partition coefficient (Wildman–Crippen LogP) is 6.97. The van der Waals surface area contributed by atoms with Gasteiger partial charge in [-0.3, -0.25) is 9.59 Å². The average Bonchev–Trinajstić information content (AvgIpc) is 3.15. The zero-order valence-corrected chi connectivity index (χ0v) is 28.7. The van der Waals surface area contributed by atoms with Gasteiger partial charge in [-0.05, 0) is 36.4 Å². The van der Waals surface area contributed by atoms with Crippen LogP contribution in [0.25, 0.3) is 55.7 Å². The Balaban J connectivity index is 1.77. The molecule has 2 aromatic heterocycles. The third-order valence-corrected chi connectivity index (χ3v) is 8.33. The lowest BCUT2D eigenvalue weighted by atomic mass is 9.96. The van der Waals surface area contributed by atoms with Gasteiger partial charge in [-0.1, -0.05) is 0 Å². The van der Waals surface area contributed by atoms with E-state index < -0.39 is 10.9 Å². The third-order valence-electron chi connectivity index (χ3n) is 8.33. The van der Waals surface area contributed by atoms with Crippen molar-refractivity contribution >= 4 is 21.9 Å². The molecule has 12 heteroatoms. The molecule has 0 N–H and O–H groups in total. The Bertz CT molecular complexity index is 2200. The summed E-state index contributed by atoms with van der Waals surface area (Å²) in [6.07, 6.45) is 0. The Labute approximate surface area is 286 Å². The molecule has 0 amide bonds. The van der Waals surface area contributed by atoms with Gasteiger partial charge >= 0.3 is 0 Å². The van der Waals surface area contributed by atoms with Crippen LogP contribution in [-0.4, -0.2) is 56.9 Å². The minimum Gasteiger partial charge on any atom is -0.496 e. The Hall–Kier alpha value is -6.30. The van der Waals surface area contributed by atoms with E-state index in [2.05, 4.69) is 0 Å². The molecule has 6 rings (SSSR count). The van der Waals surface area contributed by atoms with Crippen molar-refractivity contribution in [1.29, 1.82) is 0 Å². The number of fused-ring (bicyclic) bond motifs is 2. The molecule has 12 nitrogen and oxygen atoms in total. The summed E-state index contributed by atoms with van der Waals surface area (Å²) in [6.45, 7) is 0. The Kier molecular flexibility index (Phi) is 9.18. The van der Waals surface area contributed by atoms with Crippen molar-refractivity contribution in [2.75, 3.05) is 56.9 Å². The molecule has 0 atom stereocenters. The molecule has 0 fully saturated rings. The Morgan fingerprint density at radius 3 is 1.04 bits per heavy atom. The molecule has 6 aromatic rings. The molecule has 4 aromatic carbocycles. The third kappa shape index (κ3) is 5.54. The van der Waals surface area contributed by atoms with Gasteiger partial charge in [0.05, 0.1) is 68.0 Å². The maximum absolute atomic E-state index is 14.0. The van der Waals surface area contributed by atoms with Crippen LogP contribution in [0.4, 0.5) is 0 Å². The van der Waals surface area contributed by atoms with E-state index in [1.807, 2.05) is 0 Å². The molecule has 0 radical (unpaired) electrons. The van der Waals surface area contributed by atoms with Crippen LogP contribution < -0.4 is 48.8 Å². The van der Waals surface area contributed by atoms with Crippen LogP contribution in [0.3, 0.4) is 0 Å². The highest BCUT2D eigenvalue weighted by atomic mass is 16.5.